The van der Waals surface area contributed by atoms with Crippen LogP contribution in [0.4, 0.5) is 5.95 Å². The van der Waals surface area contributed by atoms with E-state index in [1.807, 2.05) is 35.4 Å². The molecule has 0 aliphatic carbocycles. The van der Waals surface area contributed by atoms with Gasteiger partial charge >= 0.3 is 0 Å². The molecular weight excluding hydrogens is 452 g/mol. The predicted molar refractivity (Wildman–Crippen MR) is 132 cm³/mol. The van der Waals surface area contributed by atoms with Gasteiger partial charge in [-0.25, -0.2) is 9.97 Å². The third-order valence-corrected chi connectivity index (χ3v) is 7.03. The molecule has 1 atom stereocenters. The molecule has 2 fully saturated rings. The molecule has 34 heavy (non-hydrogen) atoms. The normalized spacial score (nSPS) is 18.9. The van der Waals surface area contributed by atoms with Crippen LogP contribution in [0.15, 0.2) is 49.3 Å². The number of H-pyrrole nitrogens is 1. The van der Waals surface area contributed by atoms with Gasteiger partial charge in [0.05, 0.1) is 16.9 Å². The molecule has 2 saturated heterocycles. The number of anilines is 1. The summed E-state index contributed by atoms with van der Waals surface area (Å²) < 4.78 is 0. The molecule has 1 aromatic carbocycles. The highest BCUT2D eigenvalue weighted by molar-refractivity contribution is 6.33. The lowest BCUT2D eigenvalue weighted by molar-refractivity contribution is -0.138. The van der Waals surface area contributed by atoms with E-state index >= 15 is 0 Å². The molecule has 0 radical (unpaired) electrons. The fraction of sp³-hybridized carbons (Fsp3) is 0.360. The summed E-state index contributed by atoms with van der Waals surface area (Å²) in [7, 11) is 0. The number of aromatic amines is 1. The zero-order chi connectivity index (χ0) is 23.7. The standard InChI is InChI=1S/C25H27ClN6O2/c1-2-22(33)31-10-7-16(8-11-31)24(34)32-12-9-17(15-32)29-25-28-14-20(26)23(30-25)19-13-27-21-6-4-3-5-18(19)21/h2-6,13-14,16-17,27H,1,7-12,15H2,(H,28,29,30). The average Bonchev–Trinajstić information content (AvgIpc) is 3.52. The van der Waals surface area contributed by atoms with Crippen LogP contribution in [0.5, 0.6) is 0 Å². The van der Waals surface area contributed by atoms with Crippen molar-refractivity contribution in [2.24, 2.45) is 5.92 Å². The number of para-hydroxylation sites is 1. The van der Waals surface area contributed by atoms with Crippen LogP contribution in [-0.2, 0) is 9.59 Å². The second kappa shape index (κ2) is 9.46. The number of carbonyl (C=O) groups excluding carboxylic acids is 2. The fourth-order valence-electron chi connectivity index (χ4n) is 4.89. The largest absolute Gasteiger partial charge is 0.360 e. The van der Waals surface area contributed by atoms with Crippen molar-refractivity contribution in [3.8, 4) is 11.3 Å². The molecule has 3 aromatic rings. The lowest BCUT2D eigenvalue weighted by Crippen LogP contribution is -2.43. The van der Waals surface area contributed by atoms with Gasteiger partial charge in [0.2, 0.25) is 17.8 Å². The molecule has 2 aliphatic heterocycles. The number of fused-ring (bicyclic) bond motifs is 1. The summed E-state index contributed by atoms with van der Waals surface area (Å²) in [6, 6.07) is 8.08. The van der Waals surface area contributed by atoms with Gasteiger partial charge in [-0.05, 0) is 31.4 Å². The number of nitrogens with one attached hydrogen (secondary N) is 2. The molecule has 5 rings (SSSR count). The SMILES string of the molecule is C=CC(=O)N1CCC(C(=O)N2CCC(Nc3ncc(Cl)c(-c4c[nH]c5ccccc45)n3)C2)CC1. The van der Waals surface area contributed by atoms with Crippen LogP contribution >= 0.6 is 11.6 Å². The molecular formula is C25H27ClN6O2. The van der Waals surface area contributed by atoms with E-state index in [-0.39, 0.29) is 23.8 Å². The molecule has 0 bridgehead atoms. The Morgan fingerprint density at radius 1 is 1.15 bits per heavy atom. The van der Waals surface area contributed by atoms with Gasteiger partial charge in [-0.3, -0.25) is 9.59 Å². The number of nitrogens with zero attached hydrogens (tertiary/aromatic N) is 4. The topological polar surface area (TPSA) is 94.2 Å². The Labute approximate surface area is 203 Å². The highest BCUT2D eigenvalue weighted by Gasteiger charge is 2.33. The van der Waals surface area contributed by atoms with Crippen molar-refractivity contribution in [1.29, 1.82) is 0 Å². The molecule has 2 N–H and O–H groups in total. The van der Waals surface area contributed by atoms with Crippen LogP contribution in [0.25, 0.3) is 22.2 Å². The fourth-order valence-corrected chi connectivity index (χ4v) is 5.08. The van der Waals surface area contributed by atoms with E-state index in [4.69, 9.17) is 16.6 Å². The van der Waals surface area contributed by atoms with Crippen molar-refractivity contribution < 1.29 is 9.59 Å². The van der Waals surface area contributed by atoms with Crippen LogP contribution in [0.3, 0.4) is 0 Å². The van der Waals surface area contributed by atoms with Crippen molar-refractivity contribution in [2.75, 3.05) is 31.5 Å². The molecule has 1 unspecified atom stereocenters. The Morgan fingerprint density at radius 2 is 1.91 bits per heavy atom. The van der Waals surface area contributed by atoms with Gasteiger partial charge in [-0.15, -0.1) is 0 Å². The van der Waals surface area contributed by atoms with Crippen LogP contribution < -0.4 is 5.32 Å². The highest BCUT2D eigenvalue weighted by atomic mass is 35.5. The summed E-state index contributed by atoms with van der Waals surface area (Å²) in [5, 5.41) is 4.92. The van der Waals surface area contributed by atoms with E-state index in [1.54, 1.807) is 11.1 Å². The van der Waals surface area contributed by atoms with Crippen LogP contribution in [0.2, 0.25) is 5.02 Å². The lowest BCUT2D eigenvalue weighted by atomic mass is 9.95. The molecule has 2 aromatic heterocycles. The van der Waals surface area contributed by atoms with E-state index in [1.165, 1.54) is 6.08 Å². The number of rotatable bonds is 5. The van der Waals surface area contributed by atoms with Crippen molar-refractivity contribution in [2.45, 2.75) is 25.3 Å². The van der Waals surface area contributed by atoms with Gasteiger partial charge in [-0.2, -0.15) is 0 Å². The number of aromatic nitrogens is 3. The van der Waals surface area contributed by atoms with Crippen molar-refractivity contribution in [3.05, 3.63) is 54.3 Å². The first-order chi connectivity index (χ1) is 16.5. The van der Waals surface area contributed by atoms with Crippen molar-refractivity contribution in [3.63, 3.8) is 0 Å². The number of amides is 2. The van der Waals surface area contributed by atoms with E-state index < -0.39 is 0 Å². The summed E-state index contributed by atoms with van der Waals surface area (Å²) in [4.78, 5) is 40.8. The van der Waals surface area contributed by atoms with E-state index in [0.29, 0.717) is 55.7 Å². The molecule has 8 nitrogen and oxygen atoms in total. The maximum atomic E-state index is 13.0. The number of likely N-dealkylation sites (tertiary alicyclic amines) is 2. The molecule has 2 aliphatic rings. The first-order valence-electron chi connectivity index (χ1n) is 11.6. The maximum Gasteiger partial charge on any atom is 0.245 e. The van der Waals surface area contributed by atoms with Crippen LogP contribution in [0, 0.1) is 5.92 Å². The number of hydrogen-bond donors (Lipinski definition) is 2. The third kappa shape index (κ3) is 4.37. The summed E-state index contributed by atoms with van der Waals surface area (Å²) in [6.45, 7) is 6.06. The quantitative estimate of drug-likeness (QED) is 0.545. The number of carbonyl (C=O) groups is 2. The molecule has 9 heteroatoms. The number of halogens is 1. The molecule has 176 valence electrons. The first-order valence-corrected chi connectivity index (χ1v) is 12.0. The zero-order valence-corrected chi connectivity index (χ0v) is 19.6. The monoisotopic (exact) mass is 478 g/mol. The Morgan fingerprint density at radius 3 is 2.71 bits per heavy atom. The average molecular weight is 479 g/mol. The van der Waals surface area contributed by atoms with Gasteiger partial charge < -0.3 is 20.1 Å². The summed E-state index contributed by atoms with van der Waals surface area (Å²) in [5.74, 6) is 0.575. The Hall–Kier alpha value is -3.39. The molecule has 4 heterocycles. The lowest BCUT2D eigenvalue weighted by Gasteiger charge is -2.32. The minimum absolute atomic E-state index is 0.0344. The second-order valence-electron chi connectivity index (χ2n) is 8.86. The summed E-state index contributed by atoms with van der Waals surface area (Å²) in [5.41, 5.74) is 2.62. The van der Waals surface area contributed by atoms with Crippen molar-refractivity contribution in [1.82, 2.24) is 24.8 Å². The van der Waals surface area contributed by atoms with E-state index in [9.17, 15) is 9.59 Å². The van der Waals surface area contributed by atoms with Crippen LogP contribution in [0.1, 0.15) is 19.3 Å². The Balaban J connectivity index is 1.23. The van der Waals surface area contributed by atoms with E-state index in [0.717, 1.165) is 22.9 Å². The summed E-state index contributed by atoms with van der Waals surface area (Å²) >= 11 is 6.44. The van der Waals surface area contributed by atoms with Gasteiger partial charge in [0, 0.05) is 60.8 Å². The molecule has 0 saturated carbocycles. The third-order valence-electron chi connectivity index (χ3n) is 6.75. The molecule has 0 spiro atoms. The first kappa shape index (κ1) is 22.4. The zero-order valence-electron chi connectivity index (χ0n) is 18.8. The van der Waals surface area contributed by atoms with Gasteiger partial charge in [0.25, 0.3) is 0 Å². The smallest absolute Gasteiger partial charge is 0.245 e. The number of benzene rings is 1. The van der Waals surface area contributed by atoms with Gasteiger partial charge in [-0.1, -0.05) is 36.4 Å². The Kier molecular flexibility index (Phi) is 6.24. The highest BCUT2D eigenvalue weighted by Crippen LogP contribution is 2.32. The van der Waals surface area contributed by atoms with Gasteiger partial charge in [0.15, 0.2) is 0 Å². The Bertz CT molecular complexity index is 1230. The van der Waals surface area contributed by atoms with Crippen molar-refractivity contribution >= 4 is 40.3 Å². The second-order valence-corrected chi connectivity index (χ2v) is 9.26. The van der Waals surface area contributed by atoms with Crippen LogP contribution in [-0.4, -0.2) is 68.8 Å². The predicted octanol–water partition coefficient (Wildman–Crippen LogP) is 3.72. The van der Waals surface area contributed by atoms with Gasteiger partial charge in [0.1, 0.15) is 0 Å². The van der Waals surface area contributed by atoms with E-state index in [2.05, 4.69) is 21.9 Å². The minimum atomic E-state index is -0.0636. The molecule has 2 amide bonds. The minimum Gasteiger partial charge on any atom is -0.360 e. The number of hydrogen-bond acceptors (Lipinski definition) is 5. The summed E-state index contributed by atoms with van der Waals surface area (Å²) in [6.07, 6.45) is 7.08. The maximum absolute atomic E-state index is 13.0. The number of piperidine rings is 1.